The SMILES string of the molecule is C=C(C)COc1cc2oc(=O)c(CC(=O)N3C[C@@H]4C[C@@H](C3)c3cccc(=O)n3C4)c(C)c2cc1Cl. The maximum absolute atomic E-state index is 13.3. The number of amides is 1. The van der Waals surface area contributed by atoms with Crippen LogP contribution >= 0.6 is 11.6 Å². The summed E-state index contributed by atoms with van der Waals surface area (Å²) in [5, 5.41) is 1.06. The molecule has 182 valence electrons. The summed E-state index contributed by atoms with van der Waals surface area (Å²) in [6.07, 6.45) is 0.912. The lowest BCUT2D eigenvalue weighted by atomic mass is 9.83. The predicted molar refractivity (Wildman–Crippen MR) is 134 cm³/mol. The van der Waals surface area contributed by atoms with E-state index in [0.29, 0.717) is 59.1 Å². The second-order valence-electron chi connectivity index (χ2n) is 9.69. The molecule has 0 unspecified atom stereocenters. The van der Waals surface area contributed by atoms with Crippen LogP contribution in [-0.2, 0) is 17.8 Å². The van der Waals surface area contributed by atoms with Gasteiger partial charge in [-0.25, -0.2) is 4.79 Å². The molecule has 2 aliphatic rings. The molecule has 4 heterocycles. The van der Waals surface area contributed by atoms with Crippen LogP contribution in [0, 0.1) is 12.8 Å². The van der Waals surface area contributed by atoms with Crippen LogP contribution in [0.15, 0.2) is 56.5 Å². The number of nitrogens with zero attached hydrogens (tertiary/aromatic N) is 2. The molecule has 2 aliphatic heterocycles. The molecule has 7 nitrogen and oxygen atoms in total. The van der Waals surface area contributed by atoms with Crippen molar-refractivity contribution in [2.24, 2.45) is 5.92 Å². The molecule has 0 spiro atoms. The van der Waals surface area contributed by atoms with E-state index in [1.54, 1.807) is 31.2 Å². The van der Waals surface area contributed by atoms with Crippen LogP contribution in [0.5, 0.6) is 5.75 Å². The number of fused-ring (bicyclic) bond motifs is 5. The van der Waals surface area contributed by atoms with Crippen molar-refractivity contribution < 1.29 is 13.9 Å². The van der Waals surface area contributed by atoms with Gasteiger partial charge < -0.3 is 18.6 Å². The number of carbonyl (C=O) groups is 1. The second-order valence-corrected chi connectivity index (χ2v) is 10.1. The van der Waals surface area contributed by atoms with E-state index in [2.05, 4.69) is 6.58 Å². The number of likely N-dealkylation sites (tertiary alicyclic amines) is 1. The third-order valence-corrected chi connectivity index (χ3v) is 7.27. The molecule has 8 heteroatoms. The van der Waals surface area contributed by atoms with Crippen molar-refractivity contribution in [1.29, 1.82) is 0 Å². The van der Waals surface area contributed by atoms with E-state index in [1.165, 1.54) is 0 Å². The van der Waals surface area contributed by atoms with Crippen molar-refractivity contribution in [2.75, 3.05) is 19.7 Å². The topological polar surface area (TPSA) is 81.8 Å². The highest BCUT2D eigenvalue weighted by atomic mass is 35.5. The molecule has 1 amide bonds. The summed E-state index contributed by atoms with van der Waals surface area (Å²) in [5.74, 6) is 0.628. The highest BCUT2D eigenvalue weighted by molar-refractivity contribution is 6.32. The molecule has 0 saturated carbocycles. The molecule has 1 aromatic carbocycles. The van der Waals surface area contributed by atoms with Crippen LogP contribution in [-0.4, -0.2) is 35.1 Å². The van der Waals surface area contributed by atoms with E-state index in [-0.39, 0.29) is 29.7 Å². The number of piperidine rings is 1. The van der Waals surface area contributed by atoms with Crippen LogP contribution < -0.4 is 15.9 Å². The van der Waals surface area contributed by atoms with Crippen LogP contribution in [0.3, 0.4) is 0 Å². The van der Waals surface area contributed by atoms with E-state index in [1.807, 2.05) is 22.5 Å². The minimum atomic E-state index is -0.536. The highest BCUT2D eigenvalue weighted by Gasteiger charge is 2.36. The van der Waals surface area contributed by atoms with Crippen molar-refractivity contribution in [3.05, 3.63) is 85.1 Å². The van der Waals surface area contributed by atoms with Gasteiger partial charge in [-0.1, -0.05) is 24.2 Å². The van der Waals surface area contributed by atoms with Crippen LogP contribution in [0.25, 0.3) is 11.0 Å². The van der Waals surface area contributed by atoms with E-state index >= 15 is 0 Å². The van der Waals surface area contributed by atoms with Crippen LogP contribution in [0.1, 0.15) is 36.1 Å². The molecule has 1 fully saturated rings. The number of aromatic nitrogens is 1. The standard InChI is InChI=1S/C27H27ClN2O5/c1-15(2)14-34-24-10-23-19(8-21(24)28)16(3)20(27(33)35-23)9-26(32)29-11-17-7-18(13-29)22-5-4-6-25(31)30(22)12-17/h4-6,8,10,17-18H,1,7,9,11-14H2,2-3H3/t17-,18-/m0/s1. The highest BCUT2D eigenvalue weighted by Crippen LogP contribution is 2.36. The lowest BCUT2D eigenvalue weighted by molar-refractivity contribution is -0.133. The van der Waals surface area contributed by atoms with E-state index < -0.39 is 5.63 Å². The molecule has 2 aromatic heterocycles. The molecule has 2 atom stereocenters. The third kappa shape index (κ3) is 4.41. The Hall–Kier alpha value is -3.32. The Labute approximate surface area is 207 Å². The first kappa shape index (κ1) is 23.4. The summed E-state index contributed by atoms with van der Waals surface area (Å²) in [5.41, 5.74) is 2.66. The monoisotopic (exact) mass is 494 g/mol. The van der Waals surface area contributed by atoms with Crippen molar-refractivity contribution in [2.45, 2.75) is 39.2 Å². The predicted octanol–water partition coefficient (Wildman–Crippen LogP) is 4.06. The first-order valence-corrected chi connectivity index (χ1v) is 12.1. The van der Waals surface area contributed by atoms with Gasteiger partial charge in [0.1, 0.15) is 17.9 Å². The summed E-state index contributed by atoms with van der Waals surface area (Å²) in [7, 11) is 0. The summed E-state index contributed by atoms with van der Waals surface area (Å²) in [6.45, 7) is 9.48. The summed E-state index contributed by atoms with van der Waals surface area (Å²) < 4.78 is 13.1. The number of carbonyl (C=O) groups excluding carboxylic acids is 1. The number of benzene rings is 1. The van der Waals surface area contributed by atoms with E-state index in [0.717, 1.165) is 17.7 Å². The third-order valence-electron chi connectivity index (χ3n) is 6.97. The van der Waals surface area contributed by atoms with Crippen molar-refractivity contribution in [3.63, 3.8) is 0 Å². The smallest absolute Gasteiger partial charge is 0.340 e. The fourth-order valence-corrected chi connectivity index (χ4v) is 5.49. The fourth-order valence-electron chi connectivity index (χ4n) is 5.27. The summed E-state index contributed by atoms with van der Waals surface area (Å²) >= 11 is 6.41. The minimum absolute atomic E-state index is 0.00761. The largest absolute Gasteiger partial charge is 0.488 e. The quantitative estimate of drug-likeness (QED) is 0.394. The molecular weight excluding hydrogens is 468 g/mol. The Morgan fingerprint density at radius 3 is 2.80 bits per heavy atom. The van der Waals surface area contributed by atoms with Gasteiger partial charge in [-0.05, 0) is 49.5 Å². The zero-order valence-electron chi connectivity index (χ0n) is 19.8. The number of aryl methyl sites for hydroxylation is 1. The number of halogens is 1. The minimum Gasteiger partial charge on any atom is -0.488 e. The average Bonchev–Trinajstić information content (AvgIpc) is 2.81. The van der Waals surface area contributed by atoms with Gasteiger partial charge in [-0.2, -0.15) is 0 Å². The Bertz CT molecular complexity index is 1470. The Balaban J connectivity index is 1.40. The molecule has 5 rings (SSSR count). The maximum atomic E-state index is 13.3. The van der Waals surface area contributed by atoms with Gasteiger partial charge in [0.15, 0.2) is 0 Å². The van der Waals surface area contributed by atoms with Crippen molar-refractivity contribution >= 4 is 28.5 Å². The number of hydrogen-bond acceptors (Lipinski definition) is 5. The Kier molecular flexibility index (Phi) is 6.05. The van der Waals surface area contributed by atoms with Crippen LogP contribution in [0.2, 0.25) is 5.02 Å². The molecule has 0 radical (unpaired) electrons. The first-order chi connectivity index (χ1) is 16.7. The molecule has 0 N–H and O–H groups in total. The van der Waals surface area contributed by atoms with Gasteiger partial charge in [-0.15, -0.1) is 0 Å². The lowest BCUT2D eigenvalue weighted by Gasteiger charge is -2.42. The molecule has 3 aromatic rings. The number of pyridine rings is 1. The van der Waals surface area contributed by atoms with Gasteiger partial charge in [0.25, 0.3) is 5.56 Å². The van der Waals surface area contributed by atoms with Crippen LogP contribution in [0.4, 0.5) is 0 Å². The van der Waals surface area contributed by atoms with Gasteiger partial charge in [0.2, 0.25) is 5.91 Å². The van der Waals surface area contributed by atoms with Gasteiger partial charge >= 0.3 is 5.63 Å². The van der Waals surface area contributed by atoms with E-state index in [9.17, 15) is 14.4 Å². The summed E-state index contributed by atoms with van der Waals surface area (Å²) in [4.78, 5) is 40.3. The van der Waals surface area contributed by atoms with E-state index in [4.69, 9.17) is 20.8 Å². The molecule has 2 bridgehead atoms. The Morgan fingerprint density at radius 2 is 2.03 bits per heavy atom. The van der Waals surface area contributed by atoms with Crippen molar-refractivity contribution in [3.8, 4) is 5.75 Å². The molecule has 35 heavy (non-hydrogen) atoms. The Morgan fingerprint density at radius 1 is 1.23 bits per heavy atom. The molecular formula is C27H27ClN2O5. The fraction of sp³-hybridized carbons (Fsp3) is 0.370. The normalized spacial score (nSPS) is 18.9. The van der Waals surface area contributed by atoms with Gasteiger partial charge in [0.05, 0.1) is 17.0 Å². The van der Waals surface area contributed by atoms with Gasteiger partial charge in [-0.3, -0.25) is 9.59 Å². The molecule has 1 saturated heterocycles. The summed E-state index contributed by atoms with van der Waals surface area (Å²) in [6, 6.07) is 8.63. The van der Waals surface area contributed by atoms with Crippen molar-refractivity contribution in [1.82, 2.24) is 9.47 Å². The zero-order chi connectivity index (χ0) is 24.9. The lowest BCUT2D eigenvalue weighted by Crippen LogP contribution is -2.49. The van der Waals surface area contributed by atoms with Gasteiger partial charge in [0, 0.05) is 48.8 Å². The number of rotatable bonds is 5. The maximum Gasteiger partial charge on any atom is 0.340 e. The number of hydrogen-bond donors (Lipinski definition) is 0. The zero-order valence-corrected chi connectivity index (χ0v) is 20.6. The molecule has 0 aliphatic carbocycles. The second kappa shape index (κ2) is 9.04. The average molecular weight is 495 g/mol. The first-order valence-electron chi connectivity index (χ1n) is 11.7. The number of ether oxygens (including phenoxy) is 1.